The zero-order valence-electron chi connectivity index (χ0n) is 10.5. The minimum Gasteiger partial charge on any atom is -0.496 e. The number of hydrogen-bond donors (Lipinski definition) is 1. The number of benzene rings is 1. The molecular formula is C14H14O3S. The van der Waals surface area contributed by atoms with Gasteiger partial charge in [-0.05, 0) is 49.2 Å². The third kappa shape index (κ3) is 2.24. The van der Waals surface area contributed by atoms with E-state index in [0.717, 1.165) is 27.3 Å². The standard InChI is InChI=1S/C14H14O3S/c1-8-6-10(11(17-3)7-9(8)2)12-4-5-13(18-12)14(15)16/h4-7H,1-3H3,(H,15,16). The van der Waals surface area contributed by atoms with Crippen LogP contribution >= 0.6 is 11.3 Å². The summed E-state index contributed by atoms with van der Waals surface area (Å²) in [6.45, 7) is 4.06. The molecule has 1 N–H and O–H groups in total. The van der Waals surface area contributed by atoms with Crippen molar-refractivity contribution in [2.75, 3.05) is 7.11 Å². The Bertz CT molecular complexity index is 599. The van der Waals surface area contributed by atoms with Gasteiger partial charge in [0.2, 0.25) is 0 Å². The summed E-state index contributed by atoms with van der Waals surface area (Å²) in [5.74, 6) is -0.120. The monoisotopic (exact) mass is 262 g/mol. The number of ether oxygens (including phenoxy) is 1. The lowest BCUT2D eigenvalue weighted by Gasteiger charge is -2.10. The van der Waals surface area contributed by atoms with E-state index in [2.05, 4.69) is 0 Å². The van der Waals surface area contributed by atoms with E-state index < -0.39 is 5.97 Å². The average molecular weight is 262 g/mol. The maximum absolute atomic E-state index is 10.9. The Balaban J connectivity index is 2.55. The van der Waals surface area contributed by atoms with Crippen LogP contribution in [0.5, 0.6) is 5.75 Å². The molecule has 0 atom stereocenters. The summed E-state index contributed by atoms with van der Waals surface area (Å²) >= 11 is 1.26. The molecule has 0 aliphatic rings. The van der Waals surface area contributed by atoms with E-state index in [9.17, 15) is 4.79 Å². The predicted octanol–water partition coefficient (Wildman–Crippen LogP) is 3.74. The molecule has 0 fully saturated rings. The SMILES string of the molecule is COc1cc(C)c(C)cc1-c1ccc(C(=O)O)s1. The summed E-state index contributed by atoms with van der Waals surface area (Å²) in [5, 5.41) is 8.95. The lowest BCUT2D eigenvalue weighted by molar-refractivity contribution is 0.0702. The van der Waals surface area contributed by atoms with E-state index in [0.29, 0.717) is 4.88 Å². The van der Waals surface area contributed by atoms with E-state index in [1.54, 1.807) is 13.2 Å². The zero-order chi connectivity index (χ0) is 13.3. The molecule has 0 saturated carbocycles. The van der Waals surface area contributed by atoms with Gasteiger partial charge in [-0.2, -0.15) is 0 Å². The molecule has 2 rings (SSSR count). The number of rotatable bonds is 3. The molecule has 4 heteroatoms. The summed E-state index contributed by atoms with van der Waals surface area (Å²) < 4.78 is 5.36. The normalized spacial score (nSPS) is 10.4. The molecule has 0 bridgehead atoms. The third-order valence-electron chi connectivity index (χ3n) is 2.90. The number of carboxylic acid groups (broad SMARTS) is 1. The molecule has 3 nitrogen and oxygen atoms in total. The van der Waals surface area contributed by atoms with Crippen molar-refractivity contribution >= 4 is 17.3 Å². The van der Waals surface area contributed by atoms with E-state index in [4.69, 9.17) is 9.84 Å². The zero-order valence-corrected chi connectivity index (χ0v) is 11.3. The lowest BCUT2D eigenvalue weighted by Crippen LogP contribution is -1.91. The summed E-state index contributed by atoms with van der Waals surface area (Å²) in [5.41, 5.74) is 3.26. The minimum absolute atomic E-state index is 0.338. The van der Waals surface area contributed by atoms with Gasteiger partial charge in [-0.3, -0.25) is 0 Å². The molecule has 1 aromatic carbocycles. The van der Waals surface area contributed by atoms with Crippen LogP contribution < -0.4 is 4.74 Å². The molecule has 0 aliphatic heterocycles. The van der Waals surface area contributed by atoms with Crippen LogP contribution in [-0.2, 0) is 0 Å². The Hall–Kier alpha value is -1.81. The van der Waals surface area contributed by atoms with Crippen molar-refractivity contribution < 1.29 is 14.6 Å². The quantitative estimate of drug-likeness (QED) is 0.916. The van der Waals surface area contributed by atoms with Crippen LogP contribution in [0.4, 0.5) is 0 Å². The molecule has 0 amide bonds. The second-order valence-corrected chi connectivity index (χ2v) is 5.19. The van der Waals surface area contributed by atoms with Gasteiger partial charge in [0.25, 0.3) is 0 Å². The summed E-state index contributed by atoms with van der Waals surface area (Å²) in [4.78, 5) is 12.1. The van der Waals surface area contributed by atoms with Crippen molar-refractivity contribution in [1.29, 1.82) is 0 Å². The molecule has 0 aliphatic carbocycles. The van der Waals surface area contributed by atoms with Crippen molar-refractivity contribution in [2.24, 2.45) is 0 Å². The maximum atomic E-state index is 10.9. The first-order valence-electron chi connectivity index (χ1n) is 5.51. The van der Waals surface area contributed by atoms with Crippen LogP contribution in [-0.4, -0.2) is 18.2 Å². The van der Waals surface area contributed by atoms with Gasteiger partial charge in [0.1, 0.15) is 10.6 Å². The van der Waals surface area contributed by atoms with Crippen LogP contribution in [0.1, 0.15) is 20.8 Å². The number of aryl methyl sites for hydroxylation is 2. The van der Waals surface area contributed by atoms with Crippen molar-refractivity contribution in [3.05, 3.63) is 40.3 Å². The molecule has 0 unspecified atom stereocenters. The largest absolute Gasteiger partial charge is 0.496 e. The molecule has 94 valence electrons. The van der Waals surface area contributed by atoms with E-state index in [1.165, 1.54) is 11.3 Å². The molecule has 0 spiro atoms. The van der Waals surface area contributed by atoms with Gasteiger partial charge in [-0.1, -0.05) is 0 Å². The van der Waals surface area contributed by atoms with Crippen LogP contribution in [0.15, 0.2) is 24.3 Å². The summed E-state index contributed by atoms with van der Waals surface area (Å²) in [6.07, 6.45) is 0. The fourth-order valence-corrected chi connectivity index (χ4v) is 2.61. The first-order valence-corrected chi connectivity index (χ1v) is 6.33. The van der Waals surface area contributed by atoms with E-state index >= 15 is 0 Å². The number of aromatic carboxylic acids is 1. The fraction of sp³-hybridized carbons (Fsp3) is 0.214. The highest BCUT2D eigenvalue weighted by molar-refractivity contribution is 7.17. The van der Waals surface area contributed by atoms with Gasteiger partial charge in [0.05, 0.1) is 7.11 Å². The van der Waals surface area contributed by atoms with Crippen LogP contribution in [0.3, 0.4) is 0 Å². The molecule has 1 heterocycles. The number of hydrogen-bond acceptors (Lipinski definition) is 3. The van der Waals surface area contributed by atoms with Crippen LogP contribution in [0, 0.1) is 13.8 Å². The van der Waals surface area contributed by atoms with Gasteiger partial charge in [-0.15, -0.1) is 11.3 Å². The first kappa shape index (κ1) is 12.6. The molecule has 0 radical (unpaired) electrons. The summed E-state index contributed by atoms with van der Waals surface area (Å²) in [7, 11) is 1.62. The smallest absolute Gasteiger partial charge is 0.345 e. The fourth-order valence-electron chi connectivity index (χ4n) is 1.75. The van der Waals surface area contributed by atoms with E-state index in [1.807, 2.05) is 32.0 Å². The number of thiophene rings is 1. The second-order valence-electron chi connectivity index (χ2n) is 4.11. The van der Waals surface area contributed by atoms with Gasteiger partial charge in [0.15, 0.2) is 0 Å². The molecule has 0 saturated heterocycles. The highest BCUT2D eigenvalue weighted by Gasteiger charge is 2.13. The molecule has 18 heavy (non-hydrogen) atoms. The maximum Gasteiger partial charge on any atom is 0.345 e. The Morgan fingerprint density at radius 3 is 2.44 bits per heavy atom. The van der Waals surface area contributed by atoms with Gasteiger partial charge >= 0.3 is 5.97 Å². The number of methoxy groups -OCH3 is 1. The minimum atomic E-state index is -0.894. The van der Waals surface area contributed by atoms with Crippen LogP contribution in [0.25, 0.3) is 10.4 Å². The third-order valence-corrected chi connectivity index (χ3v) is 4.00. The molecular weight excluding hydrogens is 248 g/mol. The highest BCUT2D eigenvalue weighted by atomic mass is 32.1. The average Bonchev–Trinajstić information content (AvgIpc) is 2.81. The predicted molar refractivity (Wildman–Crippen MR) is 72.7 cm³/mol. The first-order chi connectivity index (χ1) is 8.52. The van der Waals surface area contributed by atoms with Crippen molar-refractivity contribution in [3.8, 4) is 16.2 Å². The Labute approximate surface area is 110 Å². The van der Waals surface area contributed by atoms with Crippen LogP contribution in [0.2, 0.25) is 0 Å². The number of carbonyl (C=O) groups is 1. The van der Waals surface area contributed by atoms with Crippen molar-refractivity contribution in [2.45, 2.75) is 13.8 Å². The Morgan fingerprint density at radius 1 is 1.22 bits per heavy atom. The Morgan fingerprint density at radius 2 is 1.89 bits per heavy atom. The molecule has 1 aromatic heterocycles. The van der Waals surface area contributed by atoms with Gasteiger partial charge < -0.3 is 9.84 Å². The molecule has 2 aromatic rings. The van der Waals surface area contributed by atoms with Gasteiger partial charge in [0, 0.05) is 10.4 Å². The van der Waals surface area contributed by atoms with Crippen molar-refractivity contribution in [1.82, 2.24) is 0 Å². The highest BCUT2D eigenvalue weighted by Crippen LogP contribution is 2.36. The lowest BCUT2D eigenvalue weighted by atomic mass is 10.0. The number of carboxylic acids is 1. The Kier molecular flexibility index (Phi) is 3.39. The topological polar surface area (TPSA) is 46.5 Å². The second kappa shape index (κ2) is 4.82. The summed E-state index contributed by atoms with van der Waals surface area (Å²) in [6, 6.07) is 7.45. The van der Waals surface area contributed by atoms with Crippen molar-refractivity contribution in [3.63, 3.8) is 0 Å². The van der Waals surface area contributed by atoms with E-state index in [-0.39, 0.29) is 0 Å². The van der Waals surface area contributed by atoms with Gasteiger partial charge in [-0.25, -0.2) is 4.79 Å².